The minimum absolute atomic E-state index is 0.742. The fourth-order valence-corrected chi connectivity index (χ4v) is 13.0. The van der Waals surface area contributed by atoms with Gasteiger partial charge in [-0.2, -0.15) is 0 Å². The number of benzene rings is 9. The predicted octanol–water partition coefficient (Wildman–Crippen LogP) is 13.6. The Balaban J connectivity index is 1.14. The number of nitrogens with zero attached hydrogens (tertiary/aromatic N) is 2. The molecule has 10 aromatic rings. The van der Waals surface area contributed by atoms with Crippen molar-refractivity contribution in [1.82, 2.24) is 9.97 Å². The second kappa shape index (κ2) is 14.0. The lowest BCUT2D eigenvalue weighted by atomic mass is 9.94. The number of aromatic nitrogens is 2. The molecule has 0 bridgehead atoms. The van der Waals surface area contributed by atoms with Crippen molar-refractivity contribution in [1.29, 1.82) is 0 Å². The van der Waals surface area contributed by atoms with Crippen molar-refractivity contribution in [3.05, 3.63) is 206 Å². The maximum atomic E-state index is 5.65. The molecular formula is C56H40N2Si. The molecule has 1 aliphatic rings. The molecule has 3 heteroatoms. The van der Waals surface area contributed by atoms with Crippen LogP contribution in [0.3, 0.4) is 0 Å². The summed E-state index contributed by atoms with van der Waals surface area (Å²) in [4.78, 5) is 11.3. The zero-order valence-electron chi connectivity index (χ0n) is 33.0. The van der Waals surface area contributed by atoms with Crippen LogP contribution in [0, 0.1) is 0 Å². The summed E-state index contributed by atoms with van der Waals surface area (Å²) in [6.45, 7) is 5.00. The quantitative estimate of drug-likeness (QED) is 0.124. The van der Waals surface area contributed by atoms with Gasteiger partial charge in [0.15, 0.2) is 5.82 Å². The molecule has 0 amide bonds. The summed E-state index contributed by atoms with van der Waals surface area (Å²) in [5.41, 5.74) is 15.0. The van der Waals surface area contributed by atoms with Gasteiger partial charge in [-0.3, -0.25) is 0 Å². The lowest BCUT2D eigenvalue weighted by molar-refractivity contribution is 1.20. The third kappa shape index (κ3) is 5.93. The normalized spacial score (nSPS) is 12.7. The van der Waals surface area contributed by atoms with Gasteiger partial charge in [0.2, 0.25) is 0 Å². The Hall–Kier alpha value is -7.20. The van der Waals surface area contributed by atoms with Gasteiger partial charge in [0, 0.05) is 16.7 Å². The monoisotopic (exact) mass is 768 g/mol. The van der Waals surface area contributed by atoms with Gasteiger partial charge >= 0.3 is 0 Å². The minimum atomic E-state index is -2.39. The average molecular weight is 769 g/mol. The fourth-order valence-electron chi connectivity index (χ4n) is 9.43. The highest BCUT2D eigenvalue weighted by molar-refractivity contribution is 7.06. The molecule has 0 radical (unpaired) electrons. The molecule has 1 aromatic heterocycles. The highest BCUT2D eigenvalue weighted by Gasteiger charge is 2.44. The molecule has 0 fully saturated rings. The molecule has 278 valence electrons. The van der Waals surface area contributed by atoms with Crippen LogP contribution in [0.2, 0.25) is 13.1 Å². The SMILES string of the molecule is C[Si]1(C)c2c(-c3cccc(-c4cccc(-c5ccccc5)c4)c3)nc(-c3cccc(-c4cccc(-c5ccccc5)c4)c3)nc2-c2c1c1ccccc1c1ccccc21. The van der Waals surface area contributed by atoms with Gasteiger partial charge < -0.3 is 0 Å². The summed E-state index contributed by atoms with van der Waals surface area (Å²) in [5.74, 6) is 0.742. The largest absolute Gasteiger partial charge is 0.228 e. The van der Waals surface area contributed by atoms with Crippen LogP contribution in [0.25, 0.3) is 100.0 Å². The number of fused-ring (bicyclic) bond motifs is 8. The first-order valence-corrected chi connectivity index (χ1v) is 23.4. The minimum Gasteiger partial charge on any atom is -0.228 e. The third-order valence-corrected chi connectivity index (χ3v) is 15.7. The van der Waals surface area contributed by atoms with E-state index in [1.54, 1.807) is 0 Å². The highest BCUT2D eigenvalue weighted by atomic mass is 28.3. The van der Waals surface area contributed by atoms with Crippen LogP contribution in [0.1, 0.15) is 0 Å². The molecule has 0 unspecified atom stereocenters. The molecule has 0 atom stereocenters. The summed E-state index contributed by atoms with van der Waals surface area (Å²) in [7, 11) is -2.39. The van der Waals surface area contributed by atoms with Gasteiger partial charge in [-0.1, -0.05) is 195 Å². The van der Waals surface area contributed by atoms with Gasteiger partial charge in [-0.25, -0.2) is 9.97 Å². The molecule has 59 heavy (non-hydrogen) atoms. The van der Waals surface area contributed by atoms with Crippen molar-refractivity contribution < 1.29 is 0 Å². The van der Waals surface area contributed by atoms with Crippen molar-refractivity contribution in [2.45, 2.75) is 13.1 Å². The molecule has 0 saturated carbocycles. The molecule has 2 nitrogen and oxygen atoms in total. The highest BCUT2D eigenvalue weighted by Crippen LogP contribution is 2.42. The summed E-state index contributed by atoms with van der Waals surface area (Å²) in [6, 6.07) is 74.5. The van der Waals surface area contributed by atoms with Crippen LogP contribution < -0.4 is 10.4 Å². The van der Waals surface area contributed by atoms with Crippen LogP contribution in [-0.2, 0) is 0 Å². The molecule has 0 spiro atoms. The van der Waals surface area contributed by atoms with Gasteiger partial charge in [0.1, 0.15) is 8.07 Å². The first kappa shape index (κ1) is 35.0. The number of rotatable bonds is 6. The molecular weight excluding hydrogens is 729 g/mol. The smallest absolute Gasteiger partial charge is 0.160 e. The summed E-state index contributed by atoms with van der Waals surface area (Å²) >= 11 is 0. The average Bonchev–Trinajstić information content (AvgIpc) is 3.56. The molecule has 0 saturated heterocycles. The standard InChI is InChI=1S/C56H40N2Si/c1-59(2)54-50-32-12-10-30-48(50)47-29-9-11-31-49(47)51(54)53-55(59)52(45-27-15-25-43(35-45)41-23-13-21-39(33-41)37-17-5-3-6-18-37)57-56(58-53)46-28-16-26-44(36-46)42-24-14-22-40(34-42)38-19-7-4-8-20-38/h3-36H,1-2H3. The van der Waals surface area contributed by atoms with Crippen LogP contribution >= 0.6 is 0 Å². The van der Waals surface area contributed by atoms with Gasteiger partial charge in [0.05, 0.1) is 11.4 Å². The Bertz CT molecular complexity index is 3240. The Morgan fingerprint density at radius 1 is 0.288 bits per heavy atom. The summed E-state index contributed by atoms with van der Waals surface area (Å²) in [6.07, 6.45) is 0. The van der Waals surface area contributed by atoms with Crippen LogP contribution in [-0.4, -0.2) is 18.0 Å². The topological polar surface area (TPSA) is 25.8 Å². The van der Waals surface area contributed by atoms with Crippen molar-refractivity contribution in [2.24, 2.45) is 0 Å². The van der Waals surface area contributed by atoms with E-state index in [4.69, 9.17) is 9.97 Å². The second-order valence-corrected chi connectivity index (χ2v) is 20.4. The summed E-state index contributed by atoms with van der Waals surface area (Å²) < 4.78 is 0. The maximum absolute atomic E-state index is 5.65. The zero-order chi connectivity index (χ0) is 39.5. The second-order valence-electron chi connectivity index (χ2n) is 16.1. The van der Waals surface area contributed by atoms with E-state index in [-0.39, 0.29) is 0 Å². The van der Waals surface area contributed by atoms with E-state index in [0.29, 0.717) is 0 Å². The molecule has 9 aromatic carbocycles. The van der Waals surface area contributed by atoms with E-state index in [9.17, 15) is 0 Å². The van der Waals surface area contributed by atoms with Crippen molar-refractivity contribution in [3.63, 3.8) is 0 Å². The van der Waals surface area contributed by atoms with Crippen molar-refractivity contribution >= 4 is 40.0 Å². The number of hydrogen-bond acceptors (Lipinski definition) is 2. The molecule has 0 aliphatic carbocycles. The first-order valence-electron chi connectivity index (χ1n) is 20.4. The van der Waals surface area contributed by atoms with Crippen LogP contribution in [0.4, 0.5) is 0 Å². The lowest BCUT2D eigenvalue weighted by Gasteiger charge is -2.23. The Morgan fingerprint density at radius 2 is 0.644 bits per heavy atom. The molecule has 0 N–H and O–H groups in total. The van der Waals surface area contributed by atoms with Crippen molar-refractivity contribution in [2.75, 3.05) is 0 Å². The van der Waals surface area contributed by atoms with E-state index >= 15 is 0 Å². The van der Waals surface area contributed by atoms with E-state index < -0.39 is 8.07 Å². The van der Waals surface area contributed by atoms with E-state index in [1.807, 2.05) is 0 Å². The molecule has 2 heterocycles. The Kier molecular flexibility index (Phi) is 8.31. The lowest BCUT2D eigenvalue weighted by Crippen LogP contribution is -2.50. The van der Waals surface area contributed by atoms with E-state index in [2.05, 4.69) is 219 Å². The number of hydrogen-bond donors (Lipinski definition) is 0. The fraction of sp³-hybridized carbons (Fsp3) is 0.0357. The first-order chi connectivity index (χ1) is 29.0. The van der Waals surface area contributed by atoms with E-state index in [1.165, 1.54) is 70.9 Å². The van der Waals surface area contributed by atoms with Crippen LogP contribution in [0.5, 0.6) is 0 Å². The van der Waals surface area contributed by atoms with Gasteiger partial charge in [-0.15, -0.1) is 0 Å². The Labute approximate surface area is 346 Å². The molecule has 1 aliphatic heterocycles. The third-order valence-electron chi connectivity index (χ3n) is 12.2. The van der Waals surface area contributed by atoms with Crippen molar-refractivity contribution in [3.8, 4) is 78.4 Å². The van der Waals surface area contributed by atoms with Crippen LogP contribution in [0.15, 0.2) is 206 Å². The predicted molar refractivity (Wildman–Crippen MR) is 252 cm³/mol. The molecule has 11 rings (SSSR count). The zero-order valence-corrected chi connectivity index (χ0v) is 34.0. The maximum Gasteiger partial charge on any atom is 0.160 e. The van der Waals surface area contributed by atoms with Gasteiger partial charge in [0.25, 0.3) is 0 Å². The Morgan fingerprint density at radius 3 is 1.19 bits per heavy atom. The van der Waals surface area contributed by atoms with E-state index in [0.717, 1.165) is 39.5 Å². The van der Waals surface area contributed by atoms with Gasteiger partial charge in [-0.05, 0) is 101 Å². The summed E-state index contributed by atoms with van der Waals surface area (Å²) in [5, 5.41) is 7.91.